The molecule has 116 valence electrons. The minimum Gasteiger partial charge on any atom is -0.376 e. The molecule has 1 aromatic carbocycles. The number of benzene rings is 1. The average Bonchev–Trinajstić information content (AvgIpc) is 2.98. The summed E-state index contributed by atoms with van der Waals surface area (Å²) >= 11 is 0. The van der Waals surface area contributed by atoms with Crippen molar-refractivity contribution in [2.24, 2.45) is 11.1 Å². The molecule has 0 radical (unpaired) electrons. The van der Waals surface area contributed by atoms with Gasteiger partial charge in [-0.3, -0.25) is 4.98 Å². The second-order valence-corrected chi connectivity index (χ2v) is 6.58. The highest BCUT2D eigenvalue weighted by Crippen LogP contribution is 2.42. The highest BCUT2D eigenvalue weighted by molar-refractivity contribution is 5.75. The number of hydrogen-bond acceptors (Lipinski definition) is 5. The molecule has 5 heteroatoms. The molecule has 2 fully saturated rings. The minimum absolute atomic E-state index is 0.256. The number of para-hydroxylation sites is 2. The molecule has 2 aromatic rings. The zero-order valence-corrected chi connectivity index (χ0v) is 12.7. The number of piperidine rings is 1. The molecule has 2 aliphatic rings. The number of fused-ring (bicyclic) bond motifs is 1. The quantitative estimate of drug-likeness (QED) is 0.918. The first-order valence-corrected chi connectivity index (χ1v) is 8.06. The monoisotopic (exact) mass is 298 g/mol. The van der Waals surface area contributed by atoms with Crippen LogP contribution in [0.1, 0.15) is 19.3 Å². The second kappa shape index (κ2) is 5.48. The van der Waals surface area contributed by atoms with Gasteiger partial charge >= 0.3 is 0 Å². The van der Waals surface area contributed by atoms with Crippen LogP contribution in [0, 0.1) is 5.41 Å². The van der Waals surface area contributed by atoms with Crippen molar-refractivity contribution in [2.75, 3.05) is 31.1 Å². The Bertz CT molecular complexity index is 667. The van der Waals surface area contributed by atoms with Gasteiger partial charge in [0.1, 0.15) is 5.82 Å². The molecule has 5 nitrogen and oxygen atoms in total. The van der Waals surface area contributed by atoms with Crippen LogP contribution < -0.4 is 10.6 Å². The molecule has 2 N–H and O–H groups in total. The van der Waals surface area contributed by atoms with E-state index in [-0.39, 0.29) is 6.10 Å². The first kappa shape index (κ1) is 13.9. The first-order valence-electron chi connectivity index (χ1n) is 8.06. The van der Waals surface area contributed by atoms with E-state index in [4.69, 9.17) is 15.5 Å². The summed E-state index contributed by atoms with van der Waals surface area (Å²) in [7, 11) is 0. The maximum Gasteiger partial charge on any atom is 0.147 e. The SMILES string of the molecule is NCC1CC2(CCN(c3cnc4ccccc4n3)CC2)CO1. The lowest BCUT2D eigenvalue weighted by Gasteiger charge is -2.38. The van der Waals surface area contributed by atoms with Crippen LogP contribution in [0.3, 0.4) is 0 Å². The Hall–Kier alpha value is -1.72. The Morgan fingerprint density at radius 2 is 2.00 bits per heavy atom. The van der Waals surface area contributed by atoms with Crippen molar-refractivity contribution in [1.29, 1.82) is 0 Å². The van der Waals surface area contributed by atoms with Gasteiger partial charge in [0.05, 0.1) is 29.9 Å². The topological polar surface area (TPSA) is 64.3 Å². The van der Waals surface area contributed by atoms with Gasteiger partial charge in [-0.2, -0.15) is 0 Å². The van der Waals surface area contributed by atoms with Crippen LogP contribution in [-0.4, -0.2) is 42.3 Å². The van der Waals surface area contributed by atoms with Gasteiger partial charge in [0.2, 0.25) is 0 Å². The molecule has 0 saturated carbocycles. The Kier molecular flexibility index (Phi) is 3.47. The molecule has 1 unspecified atom stereocenters. The largest absolute Gasteiger partial charge is 0.376 e. The molecule has 0 aliphatic carbocycles. The van der Waals surface area contributed by atoms with Gasteiger partial charge in [0, 0.05) is 19.6 Å². The van der Waals surface area contributed by atoms with Crippen molar-refractivity contribution in [3.05, 3.63) is 30.5 Å². The van der Waals surface area contributed by atoms with E-state index in [0.717, 1.165) is 55.8 Å². The molecule has 2 saturated heterocycles. The van der Waals surface area contributed by atoms with Crippen LogP contribution in [0.15, 0.2) is 30.5 Å². The summed E-state index contributed by atoms with van der Waals surface area (Å²) in [5.41, 5.74) is 8.00. The Balaban J connectivity index is 1.48. The molecule has 22 heavy (non-hydrogen) atoms. The summed E-state index contributed by atoms with van der Waals surface area (Å²) in [5, 5.41) is 0. The molecular weight excluding hydrogens is 276 g/mol. The third-order valence-electron chi connectivity index (χ3n) is 5.13. The summed E-state index contributed by atoms with van der Waals surface area (Å²) in [4.78, 5) is 11.6. The lowest BCUT2D eigenvalue weighted by atomic mass is 9.76. The van der Waals surface area contributed by atoms with E-state index in [1.165, 1.54) is 0 Å². The molecule has 0 amide bonds. The van der Waals surface area contributed by atoms with Gasteiger partial charge in [-0.1, -0.05) is 12.1 Å². The van der Waals surface area contributed by atoms with Crippen LogP contribution in [0.4, 0.5) is 5.82 Å². The zero-order chi connectivity index (χ0) is 15.0. The number of hydrogen-bond donors (Lipinski definition) is 1. The van der Waals surface area contributed by atoms with Gasteiger partial charge < -0.3 is 15.4 Å². The smallest absolute Gasteiger partial charge is 0.147 e. The van der Waals surface area contributed by atoms with Crippen LogP contribution >= 0.6 is 0 Å². The summed E-state index contributed by atoms with van der Waals surface area (Å²) in [5.74, 6) is 0.989. The minimum atomic E-state index is 0.256. The van der Waals surface area contributed by atoms with Crippen LogP contribution in [0.25, 0.3) is 11.0 Å². The van der Waals surface area contributed by atoms with E-state index in [2.05, 4.69) is 9.88 Å². The van der Waals surface area contributed by atoms with Gasteiger partial charge in [-0.15, -0.1) is 0 Å². The highest BCUT2D eigenvalue weighted by Gasteiger charge is 2.42. The van der Waals surface area contributed by atoms with E-state index in [0.29, 0.717) is 12.0 Å². The van der Waals surface area contributed by atoms with Crippen molar-refractivity contribution < 1.29 is 4.74 Å². The normalized spacial score (nSPS) is 24.2. The fourth-order valence-electron chi connectivity index (χ4n) is 3.71. The second-order valence-electron chi connectivity index (χ2n) is 6.58. The maximum absolute atomic E-state index is 5.82. The van der Waals surface area contributed by atoms with E-state index < -0.39 is 0 Å². The van der Waals surface area contributed by atoms with Gasteiger partial charge in [0.25, 0.3) is 0 Å². The summed E-state index contributed by atoms with van der Waals surface area (Å²) in [6, 6.07) is 8.03. The van der Waals surface area contributed by atoms with E-state index in [1.54, 1.807) is 0 Å². The van der Waals surface area contributed by atoms with Crippen molar-refractivity contribution in [3.8, 4) is 0 Å². The molecular formula is C17H22N4O. The van der Waals surface area contributed by atoms with Crippen LogP contribution in [0.2, 0.25) is 0 Å². The van der Waals surface area contributed by atoms with Gasteiger partial charge in [0.15, 0.2) is 0 Å². The zero-order valence-electron chi connectivity index (χ0n) is 12.7. The maximum atomic E-state index is 5.82. The third kappa shape index (κ3) is 2.44. The van der Waals surface area contributed by atoms with Crippen LogP contribution in [0.5, 0.6) is 0 Å². The molecule has 1 spiro atoms. The van der Waals surface area contributed by atoms with Crippen molar-refractivity contribution in [3.63, 3.8) is 0 Å². The Morgan fingerprint density at radius 1 is 1.23 bits per heavy atom. The molecule has 4 rings (SSSR count). The van der Waals surface area contributed by atoms with E-state index in [9.17, 15) is 0 Å². The molecule has 3 heterocycles. The Labute approximate surface area is 130 Å². The molecule has 0 bridgehead atoms. The predicted molar refractivity (Wildman–Crippen MR) is 86.8 cm³/mol. The number of ether oxygens (including phenoxy) is 1. The Morgan fingerprint density at radius 3 is 2.73 bits per heavy atom. The first-order chi connectivity index (χ1) is 10.8. The summed E-state index contributed by atoms with van der Waals surface area (Å²) < 4.78 is 5.82. The fraction of sp³-hybridized carbons (Fsp3) is 0.529. The number of aromatic nitrogens is 2. The van der Waals surface area contributed by atoms with Crippen molar-refractivity contribution in [1.82, 2.24) is 9.97 Å². The third-order valence-corrected chi connectivity index (χ3v) is 5.13. The lowest BCUT2D eigenvalue weighted by Crippen LogP contribution is -2.41. The van der Waals surface area contributed by atoms with E-state index in [1.807, 2.05) is 30.5 Å². The van der Waals surface area contributed by atoms with E-state index >= 15 is 0 Å². The number of anilines is 1. The fourth-order valence-corrected chi connectivity index (χ4v) is 3.71. The standard InChI is InChI=1S/C17H22N4O/c18-10-13-9-17(12-22-13)5-7-21(8-6-17)16-11-19-14-3-1-2-4-15(14)20-16/h1-4,11,13H,5-10,12,18H2. The van der Waals surface area contributed by atoms with Crippen molar-refractivity contribution >= 4 is 16.9 Å². The van der Waals surface area contributed by atoms with Crippen LogP contribution in [-0.2, 0) is 4.74 Å². The molecule has 1 atom stereocenters. The summed E-state index contributed by atoms with van der Waals surface area (Å²) in [6.07, 6.45) is 5.57. The number of nitrogens with two attached hydrogens (primary N) is 1. The van der Waals surface area contributed by atoms with Gasteiger partial charge in [-0.05, 0) is 36.8 Å². The van der Waals surface area contributed by atoms with Crippen molar-refractivity contribution in [2.45, 2.75) is 25.4 Å². The average molecular weight is 298 g/mol. The highest BCUT2D eigenvalue weighted by atomic mass is 16.5. The van der Waals surface area contributed by atoms with Gasteiger partial charge in [-0.25, -0.2) is 4.98 Å². The number of rotatable bonds is 2. The predicted octanol–water partition coefficient (Wildman–Crippen LogP) is 1.96. The number of nitrogens with zero attached hydrogens (tertiary/aromatic N) is 3. The molecule has 2 aliphatic heterocycles. The lowest BCUT2D eigenvalue weighted by molar-refractivity contribution is 0.0926. The summed E-state index contributed by atoms with van der Waals surface area (Å²) in [6.45, 7) is 3.55. The molecule has 1 aromatic heterocycles.